The van der Waals surface area contributed by atoms with Gasteiger partial charge in [0, 0.05) is 48.6 Å². The Morgan fingerprint density at radius 1 is 1.42 bits per heavy atom. The molecule has 3 heterocycles. The molecule has 26 heavy (non-hydrogen) atoms. The highest BCUT2D eigenvalue weighted by Gasteiger charge is 2.34. The Balaban J connectivity index is 1.65. The van der Waals surface area contributed by atoms with Gasteiger partial charge in [0.1, 0.15) is 5.65 Å². The first kappa shape index (κ1) is 19.1. The molecule has 0 bridgehead atoms. The minimum Gasteiger partial charge on any atom is -0.396 e. The molecule has 3 N–H and O–H groups in total. The Hall–Kier alpha value is -1.64. The second-order valence-electron chi connectivity index (χ2n) is 6.67. The summed E-state index contributed by atoms with van der Waals surface area (Å²) < 4.78 is 8.55. The molecule has 1 unspecified atom stereocenters. The number of rotatable bonds is 7. The number of ether oxygens (including phenoxy) is 1. The molecule has 0 aromatic carbocycles. The fourth-order valence-electron chi connectivity index (χ4n) is 3.18. The number of nitrogens with zero attached hydrogens (tertiary/aromatic N) is 3. The molecule has 2 aromatic heterocycles. The zero-order chi connectivity index (χ0) is 18.4. The maximum Gasteiger partial charge on any atom is 0.191 e. The SMILES string of the molecule is CCNC(=NCc1cn2cc(Br)ccc2n1)NCC1(CCO)CCOC1. The molecule has 0 aliphatic carbocycles. The zero-order valence-electron chi connectivity index (χ0n) is 15.0. The van der Waals surface area contributed by atoms with Gasteiger partial charge in [0.2, 0.25) is 0 Å². The Morgan fingerprint density at radius 3 is 3.04 bits per heavy atom. The molecular formula is C18H26BrN5O2. The smallest absolute Gasteiger partial charge is 0.191 e. The molecule has 0 saturated carbocycles. The molecule has 142 valence electrons. The monoisotopic (exact) mass is 423 g/mol. The highest BCUT2D eigenvalue weighted by atomic mass is 79.9. The third kappa shape index (κ3) is 4.75. The standard InChI is InChI=1S/C18H26BrN5O2/c1-2-20-17(22-12-18(5-7-25)6-8-26-13-18)21-9-15-11-24-10-14(19)3-4-16(24)23-15/h3-4,10-11,25H,2,5-9,12-13H2,1H3,(H2,20,21,22). The number of pyridine rings is 1. The number of imidazole rings is 1. The molecule has 0 amide bonds. The number of guanidine groups is 1. The van der Waals surface area contributed by atoms with Gasteiger partial charge in [-0.3, -0.25) is 0 Å². The summed E-state index contributed by atoms with van der Waals surface area (Å²) in [6, 6.07) is 3.95. The summed E-state index contributed by atoms with van der Waals surface area (Å²) in [7, 11) is 0. The quantitative estimate of drug-likeness (QED) is 0.468. The molecule has 3 rings (SSSR count). The second kappa shape index (κ2) is 8.83. The first-order chi connectivity index (χ1) is 12.6. The summed E-state index contributed by atoms with van der Waals surface area (Å²) in [5.74, 6) is 0.759. The van der Waals surface area contributed by atoms with Crippen LogP contribution in [0.1, 0.15) is 25.5 Å². The molecule has 1 fully saturated rings. The van der Waals surface area contributed by atoms with Crippen LogP contribution in [0.3, 0.4) is 0 Å². The van der Waals surface area contributed by atoms with Crippen LogP contribution in [0.25, 0.3) is 5.65 Å². The Bertz CT molecular complexity index is 755. The number of aromatic nitrogens is 2. The second-order valence-corrected chi connectivity index (χ2v) is 7.59. The molecule has 7 nitrogen and oxygen atoms in total. The molecule has 2 aromatic rings. The minimum absolute atomic E-state index is 0.0136. The van der Waals surface area contributed by atoms with Crippen LogP contribution in [-0.4, -0.2) is 53.4 Å². The van der Waals surface area contributed by atoms with Crippen molar-refractivity contribution in [3.8, 4) is 0 Å². The van der Waals surface area contributed by atoms with Gasteiger partial charge in [0.15, 0.2) is 5.96 Å². The van der Waals surface area contributed by atoms with Crippen molar-refractivity contribution >= 4 is 27.5 Å². The van der Waals surface area contributed by atoms with Gasteiger partial charge < -0.3 is 24.9 Å². The Kier molecular flexibility index (Phi) is 6.50. The number of halogens is 1. The van der Waals surface area contributed by atoms with E-state index in [0.717, 1.165) is 54.3 Å². The largest absolute Gasteiger partial charge is 0.396 e. The van der Waals surface area contributed by atoms with Gasteiger partial charge in [0.25, 0.3) is 0 Å². The lowest BCUT2D eigenvalue weighted by Gasteiger charge is -2.27. The van der Waals surface area contributed by atoms with E-state index < -0.39 is 0 Å². The fourth-order valence-corrected chi connectivity index (χ4v) is 3.53. The lowest BCUT2D eigenvalue weighted by molar-refractivity contribution is 0.127. The van der Waals surface area contributed by atoms with Crippen molar-refractivity contribution in [2.75, 3.05) is 32.9 Å². The van der Waals surface area contributed by atoms with Crippen molar-refractivity contribution < 1.29 is 9.84 Å². The average Bonchev–Trinajstić information content (AvgIpc) is 3.24. The van der Waals surface area contributed by atoms with E-state index in [1.807, 2.05) is 35.9 Å². The number of nitrogens with one attached hydrogen (secondary N) is 2. The highest BCUT2D eigenvalue weighted by molar-refractivity contribution is 9.10. The molecule has 8 heteroatoms. The molecule has 1 saturated heterocycles. The minimum atomic E-state index is -0.0136. The molecular weight excluding hydrogens is 398 g/mol. The lowest BCUT2D eigenvalue weighted by atomic mass is 9.84. The first-order valence-electron chi connectivity index (χ1n) is 8.98. The van der Waals surface area contributed by atoms with E-state index in [4.69, 9.17) is 4.74 Å². The van der Waals surface area contributed by atoms with Crippen LogP contribution in [0.2, 0.25) is 0 Å². The third-order valence-corrected chi connectivity index (χ3v) is 5.14. The summed E-state index contributed by atoms with van der Waals surface area (Å²) >= 11 is 3.47. The van der Waals surface area contributed by atoms with Gasteiger partial charge in [-0.2, -0.15) is 0 Å². The lowest BCUT2D eigenvalue weighted by Crippen LogP contribution is -2.44. The van der Waals surface area contributed by atoms with Crippen LogP contribution in [0.15, 0.2) is 34.0 Å². The molecule has 1 aliphatic rings. The van der Waals surface area contributed by atoms with E-state index in [2.05, 4.69) is 36.5 Å². The summed E-state index contributed by atoms with van der Waals surface area (Å²) in [5.41, 5.74) is 1.80. The molecule has 1 aliphatic heterocycles. The summed E-state index contributed by atoms with van der Waals surface area (Å²) in [5, 5.41) is 16.0. The molecule has 1 atom stereocenters. The van der Waals surface area contributed by atoms with Crippen molar-refractivity contribution in [2.45, 2.75) is 26.3 Å². The predicted octanol–water partition coefficient (Wildman–Crippen LogP) is 1.94. The molecule has 0 spiro atoms. The fraction of sp³-hybridized carbons (Fsp3) is 0.556. The van der Waals surface area contributed by atoms with Crippen molar-refractivity contribution in [1.82, 2.24) is 20.0 Å². The van der Waals surface area contributed by atoms with Crippen molar-refractivity contribution in [3.63, 3.8) is 0 Å². The molecule has 0 radical (unpaired) electrons. The van der Waals surface area contributed by atoms with Gasteiger partial charge in [0.05, 0.1) is 18.8 Å². The predicted molar refractivity (Wildman–Crippen MR) is 105 cm³/mol. The van der Waals surface area contributed by atoms with E-state index in [1.54, 1.807) is 0 Å². The maximum atomic E-state index is 9.36. The van der Waals surface area contributed by atoms with Gasteiger partial charge >= 0.3 is 0 Å². The number of aliphatic hydroxyl groups is 1. The van der Waals surface area contributed by atoms with Crippen LogP contribution in [0.4, 0.5) is 0 Å². The Morgan fingerprint density at radius 2 is 2.31 bits per heavy atom. The summed E-state index contributed by atoms with van der Waals surface area (Å²) in [4.78, 5) is 9.25. The van der Waals surface area contributed by atoms with E-state index >= 15 is 0 Å². The number of aliphatic imine (C=N–C) groups is 1. The summed E-state index contributed by atoms with van der Waals surface area (Å²) in [6.45, 7) is 5.67. The van der Waals surface area contributed by atoms with Crippen LogP contribution in [0.5, 0.6) is 0 Å². The van der Waals surface area contributed by atoms with E-state index in [-0.39, 0.29) is 12.0 Å². The Labute approximate surface area is 162 Å². The first-order valence-corrected chi connectivity index (χ1v) is 9.77. The van der Waals surface area contributed by atoms with Gasteiger partial charge in [-0.25, -0.2) is 9.98 Å². The number of aliphatic hydroxyl groups excluding tert-OH is 1. The van der Waals surface area contributed by atoms with Crippen LogP contribution < -0.4 is 10.6 Å². The van der Waals surface area contributed by atoms with Crippen molar-refractivity contribution in [3.05, 3.63) is 34.7 Å². The van der Waals surface area contributed by atoms with Crippen molar-refractivity contribution in [1.29, 1.82) is 0 Å². The average molecular weight is 424 g/mol. The van der Waals surface area contributed by atoms with E-state index in [1.165, 1.54) is 0 Å². The van der Waals surface area contributed by atoms with E-state index in [0.29, 0.717) is 13.2 Å². The van der Waals surface area contributed by atoms with Gasteiger partial charge in [-0.1, -0.05) is 0 Å². The number of hydrogen-bond acceptors (Lipinski definition) is 4. The highest BCUT2D eigenvalue weighted by Crippen LogP contribution is 2.31. The topological polar surface area (TPSA) is 83.2 Å². The van der Waals surface area contributed by atoms with Crippen LogP contribution in [-0.2, 0) is 11.3 Å². The number of hydrogen-bond donors (Lipinski definition) is 3. The van der Waals surface area contributed by atoms with Gasteiger partial charge in [-0.15, -0.1) is 0 Å². The van der Waals surface area contributed by atoms with Gasteiger partial charge in [-0.05, 0) is 47.8 Å². The third-order valence-electron chi connectivity index (χ3n) is 4.67. The summed E-state index contributed by atoms with van der Waals surface area (Å²) in [6.07, 6.45) is 5.67. The normalized spacial score (nSPS) is 20.7. The van der Waals surface area contributed by atoms with Crippen molar-refractivity contribution in [2.24, 2.45) is 10.4 Å². The van der Waals surface area contributed by atoms with Crippen LogP contribution in [0, 0.1) is 5.41 Å². The maximum absolute atomic E-state index is 9.36. The number of fused-ring (bicyclic) bond motifs is 1. The zero-order valence-corrected chi connectivity index (χ0v) is 16.6. The van der Waals surface area contributed by atoms with E-state index in [9.17, 15) is 5.11 Å². The van der Waals surface area contributed by atoms with Crippen LogP contribution >= 0.6 is 15.9 Å².